The molecule has 0 fully saturated rings. The number of carbonyl (C=O) groups excluding carboxylic acids is 1. The topological polar surface area (TPSA) is 73.8 Å². The Morgan fingerprint density at radius 3 is 2.32 bits per heavy atom. The monoisotopic (exact) mass is 393 g/mol. The van der Waals surface area contributed by atoms with Gasteiger partial charge in [-0.15, -0.1) is 0 Å². The summed E-state index contributed by atoms with van der Waals surface area (Å²) in [4.78, 5) is 13.7. The van der Waals surface area contributed by atoms with Crippen molar-refractivity contribution in [3.63, 3.8) is 0 Å². The Balaban J connectivity index is 5.61. The molecule has 0 aliphatic carbocycles. The quantitative estimate of drug-likeness (QED) is 0.247. The molecule has 0 rings (SSSR count). The summed E-state index contributed by atoms with van der Waals surface area (Å²) in [6.07, 6.45) is 8.70. The molecule has 0 saturated carbocycles. The number of hydrazine groups is 1. The molecule has 0 aromatic rings. The van der Waals surface area contributed by atoms with Crippen molar-refractivity contribution in [2.24, 2.45) is 0 Å². The second-order valence-corrected chi connectivity index (χ2v) is 6.78. The van der Waals surface area contributed by atoms with Crippen LogP contribution in [0.25, 0.3) is 0 Å². The number of carbonyl (C=O) groups is 1. The first kappa shape index (κ1) is 25.8. The highest BCUT2D eigenvalue weighted by Gasteiger charge is 2.13. The third-order valence-electron chi connectivity index (χ3n) is 4.20. The Bertz CT molecular complexity index is 604. The SMILES string of the molecule is CC/C=C(C)/C(O)=C\C=C(C)\C(NNC)=C(\CCC)COC(=O)N(C)CCC. The number of nitrogens with zero attached hydrogens (tertiary/aromatic N) is 1. The maximum absolute atomic E-state index is 12.1. The van der Waals surface area contributed by atoms with Crippen molar-refractivity contribution in [3.8, 4) is 0 Å². The number of allylic oxidation sites excluding steroid dienone is 5. The van der Waals surface area contributed by atoms with E-state index in [0.29, 0.717) is 6.54 Å². The van der Waals surface area contributed by atoms with E-state index >= 15 is 0 Å². The average Bonchev–Trinajstić information content (AvgIpc) is 2.67. The summed E-state index contributed by atoms with van der Waals surface area (Å²) in [5.41, 5.74) is 9.76. The molecule has 6 heteroatoms. The van der Waals surface area contributed by atoms with Crippen LogP contribution in [0.5, 0.6) is 0 Å². The molecule has 0 saturated heterocycles. The van der Waals surface area contributed by atoms with Crippen molar-refractivity contribution in [3.05, 3.63) is 46.4 Å². The van der Waals surface area contributed by atoms with E-state index in [1.807, 2.05) is 39.8 Å². The summed E-state index contributed by atoms with van der Waals surface area (Å²) >= 11 is 0. The number of aliphatic hydroxyl groups excluding tert-OH is 1. The summed E-state index contributed by atoms with van der Waals surface area (Å²) in [5.74, 6) is 0.245. The van der Waals surface area contributed by atoms with Crippen LogP contribution >= 0.6 is 0 Å². The second-order valence-electron chi connectivity index (χ2n) is 6.78. The molecule has 6 nitrogen and oxygen atoms in total. The number of nitrogens with one attached hydrogen (secondary N) is 2. The zero-order valence-corrected chi connectivity index (χ0v) is 18.7. The van der Waals surface area contributed by atoms with E-state index < -0.39 is 0 Å². The lowest BCUT2D eigenvalue weighted by Gasteiger charge is -2.20. The van der Waals surface area contributed by atoms with Gasteiger partial charge in [0.2, 0.25) is 0 Å². The predicted molar refractivity (Wildman–Crippen MR) is 117 cm³/mol. The number of hydrogen-bond donors (Lipinski definition) is 3. The second kappa shape index (κ2) is 14.8. The predicted octanol–water partition coefficient (Wildman–Crippen LogP) is 4.99. The fourth-order valence-corrected chi connectivity index (χ4v) is 2.68. The first-order valence-corrected chi connectivity index (χ1v) is 10.1. The van der Waals surface area contributed by atoms with Gasteiger partial charge in [-0.1, -0.05) is 39.3 Å². The van der Waals surface area contributed by atoms with Crippen LogP contribution in [0.2, 0.25) is 0 Å². The van der Waals surface area contributed by atoms with Crippen molar-refractivity contribution in [1.29, 1.82) is 0 Å². The Morgan fingerprint density at radius 2 is 1.79 bits per heavy atom. The number of ether oxygens (including phenoxy) is 1. The third-order valence-corrected chi connectivity index (χ3v) is 4.20. The largest absolute Gasteiger partial charge is 0.508 e. The molecule has 1 amide bonds. The van der Waals surface area contributed by atoms with Crippen LogP contribution in [-0.4, -0.2) is 43.3 Å². The van der Waals surface area contributed by atoms with E-state index in [9.17, 15) is 9.90 Å². The van der Waals surface area contributed by atoms with Gasteiger partial charge in [-0.25, -0.2) is 10.2 Å². The molecule has 0 atom stereocenters. The van der Waals surface area contributed by atoms with Gasteiger partial charge in [-0.2, -0.15) is 0 Å². The fourth-order valence-electron chi connectivity index (χ4n) is 2.68. The molecule has 0 aromatic carbocycles. The Morgan fingerprint density at radius 1 is 1.11 bits per heavy atom. The van der Waals surface area contributed by atoms with Gasteiger partial charge in [0.15, 0.2) is 0 Å². The molecule has 0 spiro atoms. The number of rotatable bonds is 12. The maximum Gasteiger partial charge on any atom is 0.409 e. The molecule has 160 valence electrons. The zero-order valence-electron chi connectivity index (χ0n) is 18.7. The maximum atomic E-state index is 12.1. The first-order chi connectivity index (χ1) is 13.3. The first-order valence-electron chi connectivity index (χ1n) is 10.1. The molecule has 0 bridgehead atoms. The average molecular weight is 394 g/mol. The van der Waals surface area contributed by atoms with E-state index in [2.05, 4.69) is 17.8 Å². The summed E-state index contributed by atoms with van der Waals surface area (Å²) in [6.45, 7) is 10.9. The van der Waals surface area contributed by atoms with Crippen LogP contribution in [0, 0.1) is 0 Å². The van der Waals surface area contributed by atoms with Crippen molar-refractivity contribution in [1.82, 2.24) is 15.8 Å². The van der Waals surface area contributed by atoms with E-state index in [1.54, 1.807) is 25.1 Å². The summed E-state index contributed by atoms with van der Waals surface area (Å²) < 4.78 is 5.50. The molecule has 28 heavy (non-hydrogen) atoms. The van der Waals surface area contributed by atoms with E-state index in [-0.39, 0.29) is 18.5 Å². The van der Waals surface area contributed by atoms with E-state index in [0.717, 1.165) is 48.1 Å². The highest BCUT2D eigenvalue weighted by molar-refractivity contribution is 5.67. The number of amides is 1. The van der Waals surface area contributed by atoms with Crippen LogP contribution in [0.3, 0.4) is 0 Å². The van der Waals surface area contributed by atoms with Crippen molar-refractivity contribution in [2.75, 3.05) is 27.2 Å². The lowest BCUT2D eigenvalue weighted by Crippen LogP contribution is -2.31. The van der Waals surface area contributed by atoms with Gasteiger partial charge < -0.3 is 20.2 Å². The third kappa shape index (κ3) is 9.65. The molecule has 0 heterocycles. The van der Waals surface area contributed by atoms with Gasteiger partial charge in [0.05, 0.1) is 5.70 Å². The van der Waals surface area contributed by atoms with E-state index in [1.165, 1.54) is 0 Å². The van der Waals surface area contributed by atoms with Gasteiger partial charge in [0.25, 0.3) is 0 Å². The van der Waals surface area contributed by atoms with Crippen molar-refractivity contribution >= 4 is 6.09 Å². The fraction of sp³-hybridized carbons (Fsp3) is 0.591. The molecule has 0 aliphatic heterocycles. The van der Waals surface area contributed by atoms with Crippen molar-refractivity contribution in [2.45, 2.75) is 60.3 Å². The van der Waals surface area contributed by atoms with Gasteiger partial charge in [0.1, 0.15) is 12.4 Å². The molecular formula is C22H39N3O3. The normalized spacial score (nSPS) is 13.9. The molecule has 0 aliphatic rings. The van der Waals surface area contributed by atoms with Crippen LogP contribution in [-0.2, 0) is 4.74 Å². The number of aliphatic hydroxyl groups is 1. The lowest BCUT2D eigenvalue weighted by atomic mass is 10.0. The molecule has 0 aromatic heterocycles. The highest BCUT2D eigenvalue weighted by Crippen LogP contribution is 2.18. The molecular weight excluding hydrogens is 354 g/mol. The summed E-state index contributed by atoms with van der Waals surface area (Å²) in [6, 6.07) is 0. The standard InChI is InChI=1S/C22H39N3O3/c1-8-11-17(4)20(26)14-13-18(5)21(24-23-6)19(12-9-2)16-28-22(27)25(7)15-10-3/h11,13-14,23-24,26H,8-10,12,15-16H2,1-7H3/b17-11+,18-13+,20-14+,21-19+. The summed E-state index contributed by atoms with van der Waals surface area (Å²) in [5, 5.41) is 10.2. The Hall–Kier alpha value is -2.21. The van der Waals surface area contributed by atoms with Gasteiger partial charge >= 0.3 is 6.09 Å². The number of hydrogen-bond acceptors (Lipinski definition) is 5. The Labute approximate surface area is 171 Å². The Kier molecular flexibility index (Phi) is 13.6. The van der Waals surface area contributed by atoms with Gasteiger partial charge in [-0.05, 0) is 55.9 Å². The van der Waals surface area contributed by atoms with Crippen LogP contribution in [0.1, 0.15) is 60.3 Å². The van der Waals surface area contributed by atoms with Crippen LogP contribution < -0.4 is 10.9 Å². The van der Waals surface area contributed by atoms with Crippen molar-refractivity contribution < 1.29 is 14.6 Å². The smallest absolute Gasteiger partial charge is 0.409 e. The summed E-state index contributed by atoms with van der Waals surface area (Å²) in [7, 11) is 3.53. The molecule has 0 unspecified atom stereocenters. The molecule has 0 radical (unpaired) electrons. The van der Waals surface area contributed by atoms with E-state index in [4.69, 9.17) is 4.74 Å². The highest BCUT2D eigenvalue weighted by atomic mass is 16.6. The van der Waals surface area contributed by atoms with Gasteiger partial charge in [-0.3, -0.25) is 0 Å². The molecule has 3 N–H and O–H groups in total. The minimum atomic E-state index is -0.321. The zero-order chi connectivity index (χ0) is 21.5. The lowest BCUT2D eigenvalue weighted by molar-refractivity contribution is 0.118. The minimum Gasteiger partial charge on any atom is -0.508 e. The minimum absolute atomic E-state index is 0.223. The van der Waals surface area contributed by atoms with Crippen LogP contribution in [0.15, 0.2) is 46.4 Å². The van der Waals surface area contributed by atoms with Gasteiger partial charge in [0, 0.05) is 20.6 Å². The van der Waals surface area contributed by atoms with Crippen LogP contribution in [0.4, 0.5) is 4.79 Å².